The number of rotatable bonds is 0. The molecule has 0 aliphatic rings. The van der Waals surface area contributed by atoms with Gasteiger partial charge < -0.3 is 0 Å². The van der Waals surface area contributed by atoms with Crippen LogP contribution in [0.15, 0.2) is 121 Å². The van der Waals surface area contributed by atoms with Crippen LogP contribution < -0.4 is 0 Å². The first kappa shape index (κ1) is 18.6. The molecule has 0 spiro atoms. The lowest BCUT2D eigenvalue weighted by atomic mass is 9.82. The van der Waals surface area contributed by atoms with Crippen LogP contribution in [-0.2, 0) is 0 Å². The van der Waals surface area contributed by atoms with Gasteiger partial charge in [-0.2, -0.15) is 0 Å². The summed E-state index contributed by atoms with van der Waals surface area (Å²) >= 11 is 0. The third kappa shape index (κ3) is 2.20. The lowest BCUT2D eigenvalue weighted by molar-refractivity contribution is 1.79. The summed E-state index contributed by atoms with van der Waals surface area (Å²) in [7, 11) is 0. The lowest BCUT2D eigenvalue weighted by Gasteiger charge is -2.20. The number of hydrogen-bond acceptors (Lipinski definition) is 0. The van der Waals surface area contributed by atoms with Crippen molar-refractivity contribution in [1.29, 1.82) is 0 Å². The highest BCUT2D eigenvalue weighted by atomic mass is 14.2. The first-order valence-corrected chi connectivity index (χ1v) is 12.6. The minimum Gasteiger partial charge on any atom is -0.0616 e. The van der Waals surface area contributed by atoms with E-state index in [1.54, 1.807) is 0 Å². The van der Waals surface area contributed by atoms with Crippen LogP contribution in [0.25, 0.3) is 86.2 Å². The Labute approximate surface area is 207 Å². The molecule has 9 rings (SSSR count). The van der Waals surface area contributed by atoms with Crippen LogP contribution in [0.5, 0.6) is 0 Å². The van der Waals surface area contributed by atoms with Gasteiger partial charge >= 0.3 is 0 Å². The monoisotopic (exact) mass is 452 g/mol. The van der Waals surface area contributed by atoms with Gasteiger partial charge in [0.2, 0.25) is 0 Å². The second-order valence-corrected chi connectivity index (χ2v) is 10.1. The van der Waals surface area contributed by atoms with Crippen molar-refractivity contribution in [3.8, 4) is 0 Å². The van der Waals surface area contributed by atoms with Gasteiger partial charge in [0.25, 0.3) is 0 Å². The van der Waals surface area contributed by atoms with E-state index in [1.807, 2.05) is 0 Å². The Morgan fingerprint density at radius 3 is 0.917 bits per heavy atom. The van der Waals surface area contributed by atoms with Crippen molar-refractivity contribution in [2.45, 2.75) is 0 Å². The van der Waals surface area contributed by atoms with Crippen LogP contribution in [0.3, 0.4) is 0 Å². The van der Waals surface area contributed by atoms with Crippen molar-refractivity contribution in [3.05, 3.63) is 121 Å². The quantitative estimate of drug-likeness (QED) is 0.159. The van der Waals surface area contributed by atoms with E-state index in [1.165, 1.54) is 86.2 Å². The Balaban J connectivity index is 1.78. The predicted molar refractivity (Wildman–Crippen MR) is 158 cm³/mol. The van der Waals surface area contributed by atoms with Crippen LogP contribution in [0, 0.1) is 0 Å². The SMILES string of the molecule is c1ccc2c(c1)cc1c3c4ccccc4cc4c5ccccc5cc(c5c6ccccc6cc2c15)c43. The van der Waals surface area contributed by atoms with Crippen molar-refractivity contribution >= 4 is 86.2 Å². The second-order valence-electron chi connectivity index (χ2n) is 10.1. The summed E-state index contributed by atoms with van der Waals surface area (Å²) in [5.41, 5.74) is 0. The fourth-order valence-electron chi connectivity index (χ4n) is 6.82. The highest BCUT2D eigenvalue weighted by Gasteiger charge is 2.20. The average molecular weight is 453 g/mol. The molecule has 36 heavy (non-hydrogen) atoms. The first-order chi connectivity index (χ1) is 17.9. The smallest absolute Gasteiger partial charge is 0.00132 e. The van der Waals surface area contributed by atoms with E-state index < -0.39 is 0 Å². The number of hydrogen-bond donors (Lipinski definition) is 0. The summed E-state index contributed by atoms with van der Waals surface area (Å²) in [5, 5.41) is 21.4. The Morgan fingerprint density at radius 1 is 0.222 bits per heavy atom. The molecule has 0 atom stereocenters. The topological polar surface area (TPSA) is 0 Å². The summed E-state index contributed by atoms with van der Waals surface area (Å²) in [6.07, 6.45) is 0. The van der Waals surface area contributed by atoms with Gasteiger partial charge in [-0.15, -0.1) is 0 Å². The molecule has 0 heterocycles. The maximum atomic E-state index is 2.44. The molecule has 0 radical (unpaired) electrons. The fraction of sp³-hybridized carbons (Fsp3) is 0. The Bertz CT molecular complexity index is 2190. The summed E-state index contributed by atoms with van der Waals surface area (Å²) in [6, 6.07) is 45.2. The second kappa shape index (κ2) is 6.50. The molecule has 9 aromatic carbocycles. The van der Waals surface area contributed by atoms with E-state index in [-0.39, 0.29) is 0 Å². The Hall–Kier alpha value is -4.68. The molecule has 0 aliphatic carbocycles. The zero-order valence-electron chi connectivity index (χ0n) is 19.5. The minimum atomic E-state index is 1.30. The molecule has 164 valence electrons. The minimum absolute atomic E-state index is 1.30. The van der Waals surface area contributed by atoms with Crippen LogP contribution >= 0.6 is 0 Å². The van der Waals surface area contributed by atoms with Gasteiger partial charge in [-0.25, -0.2) is 0 Å². The van der Waals surface area contributed by atoms with Crippen LogP contribution in [0.2, 0.25) is 0 Å². The molecule has 9 aromatic rings. The first-order valence-electron chi connectivity index (χ1n) is 12.6. The fourth-order valence-corrected chi connectivity index (χ4v) is 6.82. The molecular weight excluding hydrogens is 432 g/mol. The van der Waals surface area contributed by atoms with Crippen molar-refractivity contribution in [2.75, 3.05) is 0 Å². The van der Waals surface area contributed by atoms with Gasteiger partial charge in [-0.3, -0.25) is 0 Å². The molecule has 0 bridgehead atoms. The lowest BCUT2D eigenvalue weighted by Crippen LogP contribution is -1.92. The van der Waals surface area contributed by atoms with E-state index in [4.69, 9.17) is 0 Å². The molecule has 0 fully saturated rings. The Kier molecular flexibility index (Phi) is 3.36. The molecule has 0 aliphatic heterocycles. The van der Waals surface area contributed by atoms with E-state index in [0.717, 1.165) is 0 Å². The molecule has 0 amide bonds. The van der Waals surface area contributed by atoms with Gasteiger partial charge in [0.1, 0.15) is 0 Å². The summed E-state index contributed by atoms with van der Waals surface area (Å²) in [5.74, 6) is 0. The number of fused-ring (bicyclic) bond motifs is 10. The van der Waals surface area contributed by atoms with Gasteiger partial charge in [0, 0.05) is 0 Å². The van der Waals surface area contributed by atoms with Crippen molar-refractivity contribution in [1.82, 2.24) is 0 Å². The maximum Gasteiger partial charge on any atom is -0.00132 e. The summed E-state index contributed by atoms with van der Waals surface area (Å²) in [4.78, 5) is 0. The molecule has 0 aromatic heterocycles. The molecule has 0 nitrogen and oxygen atoms in total. The molecule has 0 heteroatoms. The van der Waals surface area contributed by atoms with Gasteiger partial charge in [0.05, 0.1) is 0 Å². The highest BCUT2D eigenvalue weighted by molar-refractivity contribution is 6.45. The van der Waals surface area contributed by atoms with Crippen LogP contribution in [0.1, 0.15) is 0 Å². The molecule has 0 saturated carbocycles. The van der Waals surface area contributed by atoms with E-state index in [0.29, 0.717) is 0 Å². The van der Waals surface area contributed by atoms with Gasteiger partial charge in [-0.1, -0.05) is 97.1 Å². The summed E-state index contributed by atoms with van der Waals surface area (Å²) in [6.45, 7) is 0. The normalized spacial score (nSPS) is 12.4. The van der Waals surface area contributed by atoms with E-state index in [9.17, 15) is 0 Å². The van der Waals surface area contributed by atoms with Crippen molar-refractivity contribution in [3.63, 3.8) is 0 Å². The Morgan fingerprint density at radius 2 is 0.500 bits per heavy atom. The molecule has 0 saturated heterocycles. The average Bonchev–Trinajstić information content (AvgIpc) is 2.94. The third-order valence-corrected chi connectivity index (χ3v) is 8.28. The van der Waals surface area contributed by atoms with Gasteiger partial charge in [-0.05, 0) is 110 Å². The van der Waals surface area contributed by atoms with Crippen molar-refractivity contribution in [2.24, 2.45) is 0 Å². The van der Waals surface area contributed by atoms with E-state index in [2.05, 4.69) is 121 Å². The van der Waals surface area contributed by atoms with Gasteiger partial charge in [0.15, 0.2) is 0 Å². The molecule has 0 unspecified atom stereocenters. The molecular formula is C36H20. The maximum absolute atomic E-state index is 2.44. The largest absolute Gasteiger partial charge is 0.0616 e. The molecule has 0 N–H and O–H groups in total. The van der Waals surface area contributed by atoms with Crippen LogP contribution in [-0.4, -0.2) is 0 Å². The standard InChI is InChI=1S/C36H20/c1-5-13-25-21(9-1)19-31-33-27-15-7-4-12-24(27)18-30-26-14-6-2-10-22(26)20-32(36(30)33)34-28-16-8-3-11-23(28)17-29(25)35(31)34/h1-20H. The third-order valence-electron chi connectivity index (χ3n) is 8.28. The number of benzene rings is 9. The van der Waals surface area contributed by atoms with Crippen molar-refractivity contribution < 1.29 is 0 Å². The zero-order valence-corrected chi connectivity index (χ0v) is 19.5. The van der Waals surface area contributed by atoms with E-state index >= 15 is 0 Å². The zero-order chi connectivity index (χ0) is 23.4. The predicted octanol–water partition coefficient (Wildman–Crippen LogP) is 10.3. The van der Waals surface area contributed by atoms with Crippen LogP contribution in [0.4, 0.5) is 0 Å². The highest BCUT2D eigenvalue weighted by Crippen LogP contribution is 2.49. The summed E-state index contributed by atoms with van der Waals surface area (Å²) < 4.78 is 0.